The molecule has 168 valence electrons. The largest absolute Gasteiger partial charge is 0.491 e. The van der Waals surface area contributed by atoms with E-state index < -0.39 is 0 Å². The monoisotopic (exact) mass is 446 g/mol. The highest BCUT2D eigenvalue weighted by Gasteiger charge is 2.09. The van der Waals surface area contributed by atoms with Gasteiger partial charge in [0.2, 0.25) is 0 Å². The van der Waals surface area contributed by atoms with E-state index in [1.54, 1.807) is 31.4 Å². The number of carbonyl (C=O) groups is 1. The molecule has 0 aliphatic heterocycles. The van der Waals surface area contributed by atoms with E-state index in [0.29, 0.717) is 49.4 Å². The Kier molecular flexibility index (Phi) is 10.7. The van der Waals surface area contributed by atoms with Gasteiger partial charge >= 0.3 is 0 Å². The predicted molar refractivity (Wildman–Crippen MR) is 125 cm³/mol. The van der Waals surface area contributed by atoms with Crippen molar-refractivity contribution in [2.75, 3.05) is 40.0 Å². The molecule has 0 fully saturated rings. The number of carbonyl (C=O) groups excluding carboxylic acids is 1. The van der Waals surface area contributed by atoms with Crippen molar-refractivity contribution in [1.29, 1.82) is 0 Å². The molecule has 0 heterocycles. The first-order chi connectivity index (χ1) is 15.0. The average Bonchev–Trinajstić information content (AvgIpc) is 2.76. The second kappa shape index (κ2) is 13.5. The van der Waals surface area contributed by atoms with Gasteiger partial charge in [0.1, 0.15) is 12.4 Å². The molecule has 0 bridgehead atoms. The van der Waals surface area contributed by atoms with Crippen LogP contribution in [0.25, 0.3) is 0 Å². The summed E-state index contributed by atoms with van der Waals surface area (Å²) in [5.41, 5.74) is 2.58. The fourth-order valence-corrected chi connectivity index (χ4v) is 2.99. The van der Waals surface area contributed by atoms with E-state index in [4.69, 9.17) is 21.1 Å². The summed E-state index contributed by atoms with van der Waals surface area (Å²) in [7, 11) is 1.65. The van der Waals surface area contributed by atoms with Gasteiger partial charge in [0.15, 0.2) is 5.96 Å². The SMILES string of the molecule is CCNC(=NCc1ccc(C)cc1OCCOC)NCCNC(=O)c1ccccc1Cl. The maximum Gasteiger partial charge on any atom is 0.252 e. The molecule has 0 unspecified atom stereocenters. The van der Waals surface area contributed by atoms with Crippen molar-refractivity contribution in [2.24, 2.45) is 4.99 Å². The second-order valence-corrected chi connectivity index (χ2v) is 7.22. The molecule has 1 amide bonds. The number of methoxy groups -OCH3 is 1. The van der Waals surface area contributed by atoms with Gasteiger partial charge in [0.25, 0.3) is 5.91 Å². The number of amides is 1. The standard InChI is InChI=1S/C23H31ClN4O3/c1-4-25-23(27-12-11-26-22(29)19-7-5-6-8-20(19)24)28-16-18-10-9-17(2)15-21(18)31-14-13-30-3/h5-10,15H,4,11-14,16H2,1-3H3,(H,26,29)(H2,25,27,28). The van der Waals surface area contributed by atoms with Gasteiger partial charge in [-0.25, -0.2) is 4.99 Å². The fourth-order valence-electron chi connectivity index (χ4n) is 2.77. The van der Waals surface area contributed by atoms with E-state index in [0.717, 1.165) is 23.4 Å². The number of nitrogens with one attached hydrogen (secondary N) is 3. The van der Waals surface area contributed by atoms with E-state index >= 15 is 0 Å². The van der Waals surface area contributed by atoms with Crippen molar-refractivity contribution in [3.63, 3.8) is 0 Å². The summed E-state index contributed by atoms with van der Waals surface area (Å²) < 4.78 is 10.9. The molecule has 0 spiro atoms. The number of hydrogen-bond acceptors (Lipinski definition) is 4. The summed E-state index contributed by atoms with van der Waals surface area (Å²) in [4.78, 5) is 16.9. The van der Waals surface area contributed by atoms with E-state index in [1.165, 1.54) is 0 Å². The Balaban J connectivity index is 1.90. The first kappa shape index (κ1) is 24.5. The lowest BCUT2D eigenvalue weighted by Crippen LogP contribution is -2.41. The van der Waals surface area contributed by atoms with Gasteiger partial charge in [-0.3, -0.25) is 4.79 Å². The number of ether oxygens (including phenoxy) is 2. The van der Waals surface area contributed by atoms with Gasteiger partial charge in [0, 0.05) is 32.3 Å². The van der Waals surface area contributed by atoms with Crippen LogP contribution >= 0.6 is 11.6 Å². The van der Waals surface area contributed by atoms with E-state index in [9.17, 15) is 4.79 Å². The van der Waals surface area contributed by atoms with Gasteiger partial charge < -0.3 is 25.4 Å². The third kappa shape index (κ3) is 8.47. The lowest BCUT2D eigenvalue weighted by molar-refractivity contribution is 0.0954. The van der Waals surface area contributed by atoms with Crippen molar-refractivity contribution in [3.8, 4) is 5.75 Å². The lowest BCUT2D eigenvalue weighted by Gasteiger charge is -2.14. The molecular weight excluding hydrogens is 416 g/mol. The van der Waals surface area contributed by atoms with Crippen molar-refractivity contribution in [2.45, 2.75) is 20.4 Å². The van der Waals surface area contributed by atoms with Crippen LogP contribution in [0, 0.1) is 6.92 Å². The number of halogens is 1. The highest BCUT2D eigenvalue weighted by Crippen LogP contribution is 2.21. The summed E-state index contributed by atoms with van der Waals surface area (Å²) in [6.07, 6.45) is 0. The van der Waals surface area contributed by atoms with Crippen molar-refractivity contribution >= 4 is 23.5 Å². The van der Waals surface area contributed by atoms with Crippen LogP contribution in [-0.2, 0) is 11.3 Å². The smallest absolute Gasteiger partial charge is 0.252 e. The minimum atomic E-state index is -0.202. The van der Waals surface area contributed by atoms with Crippen LogP contribution in [0.3, 0.4) is 0 Å². The zero-order valence-electron chi connectivity index (χ0n) is 18.3. The predicted octanol–water partition coefficient (Wildman–Crippen LogP) is 3.16. The summed E-state index contributed by atoms with van der Waals surface area (Å²) in [6, 6.07) is 13.0. The fraction of sp³-hybridized carbons (Fsp3) is 0.391. The van der Waals surface area contributed by atoms with Crippen LogP contribution in [0.4, 0.5) is 0 Å². The molecule has 0 aliphatic carbocycles. The molecule has 0 atom stereocenters. The number of hydrogen-bond donors (Lipinski definition) is 3. The molecule has 0 saturated heterocycles. The Morgan fingerprint density at radius 3 is 2.58 bits per heavy atom. The first-order valence-corrected chi connectivity index (χ1v) is 10.7. The molecule has 2 aromatic rings. The summed E-state index contributed by atoms with van der Waals surface area (Å²) in [5, 5.41) is 9.72. The van der Waals surface area contributed by atoms with Crippen LogP contribution in [0.1, 0.15) is 28.4 Å². The number of nitrogens with zero attached hydrogens (tertiary/aromatic N) is 1. The van der Waals surface area contributed by atoms with E-state index in [-0.39, 0.29) is 5.91 Å². The topological polar surface area (TPSA) is 84.0 Å². The number of rotatable bonds is 11. The Morgan fingerprint density at radius 1 is 1.06 bits per heavy atom. The van der Waals surface area contributed by atoms with Gasteiger partial charge in [0.05, 0.1) is 23.7 Å². The number of benzene rings is 2. The third-order valence-corrected chi connectivity index (χ3v) is 4.67. The van der Waals surface area contributed by atoms with Crippen LogP contribution in [0.15, 0.2) is 47.5 Å². The minimum absolute atomic E-state index is 0.202. The number of aryl methyl sites for hydroxylation is 1. The normalized spacial score (nSPS) is 11.2. The Bertz CT molecular complexity index is 874. The Labute approximate surface area is 189 Å². The second-order valence-electron chi connectivity index (χ2n) is 6.81. The van der Waals surface area contributed by atoms with Crippen molar-refractivity contribution in [3.05, 3.63) is 64.2 Å². The molecule has 2 aromatic carbocycles. The summed E-state index contributed by atoms with van der Waals surface area (Å²) >= 11 is 6.06. The van der Waals surface area contributed by atoms with Gasteiger partial charge in [-0.2, -0.15) is 0 Å². The zero-order chi connectivity index (χ0) is 22.5. The molecule has 0 radical (unpaired) electrons. The van der Waals surface area contributed by atoms with Gasteiger partial charge in [-0.05, 0) is 37.6 Å². The number of guanidine groups is 1. The molecule has 31 heavy (non-hydrogen) atoms. The van der Waals surface area contributed by atoms with E-state index in [2.05, 4.69) is 20.9 Å². The van der Waals surface area contributed by atoms with Crippen LogP contribution in [-0.4, -0.2) is 51.8 Å². The molecule has 3 N–H and O–H groups in total. The molecule has 8 heteroatoms. The quantitative estimate of drug-likeness (QED) is 0.280. The Morgan fingerprint density at radius 2 is 1.84 bits per heavy atom. The average molecular weight is 447 g/mol. The van der Waals surface area contributed by atoms with Gasteiger partial charge in [-0.15, -0.1) is 0 Å². The molecule has 0 aromatic heterocycles. The molecular formula is C23H31ClN4O3. The molecule has 0 aliphatic rings. The number of aliphatic imine (C=N–C) groups is 1. The van der Waals surface area contributed by atoms with Crippen LogP contribution in [0.2, 0.25) is 5.02 Å². The highest BCUT2D eigenvalue weighted by atomic mass is 35.5. The van der Waals surface area contributed by atoms with Crippen molar-refractivity contribution < 1.29 is 14.3 Å². The Hall–Kier alpha value is -2.77. The maximum atomic E-state index is 12.2. The summed E-state index contributed by atoms with van der Waals surface area (Å²) in [6.45, 7) is 7.19. The molecule has 2 rings (SSSR count). The van der Waals surface area contributed by atoms with Crippen LogP contribution in [0.5, 0.6) is 5.75 Å². The van der Waals surface area contributed by atoms with E-state index in [1.807, 2.05) is 32.0 Å². The third-order valence-electron chi connectivity index (χ3n) is 4.34. The van der Waals surface area contributed by atoms with Crippen molar-refractivity contribution in [1.82, 2.24) is 16.0 Å². The zero-order valence-corrected chi connectivity index (χ0v) is 19.1. The molecule has 0 saturated carbocycles. The molecule has 7 nitrogen and oxygen atoms in total. The van der Waals surface area contributed by atoms with Crippen LogP contribution < -0.4 is 20.7 Å². The first-order valence-electron chi connectivity index (χ1n) is 10.3. The minimum Gasteiger partial charge on any atom is -0.491 e. The maximum absolute atomic E-state index is 12.2. The van der Waals surface area contributed by atoms with Gasteiger partial charge in [-0.1, -0.05) is 35.9 Å². The highest BCUT2D eigenvalue weighted by molar-refractivity contribution is 6.33. The summed E-state index contributed by atoms with van der Waals surface area (Å²) in [5.74, 6) is 1.27. The lowest BCUT2D eigenvalue weighted by atomic mass is 10.1.